The van der Waals surface area contributed by atoms with E-state index in [4.69, 9.17) is 63.3 Å². The maximum absolute atomic E-state index is 10.4. The van der Waals surface area contributed by atoms with Gasteiger partial charge in [-0.05, 0) is 139 Å². The number of aliphatic hydroxyl groups is 2. The number of epoxide rings is 2. The third kappa shape index (κ3) is 23.7. The highest BCUT2D eigenvalue weighted by molar-refractivity contribution is 9.11. The summed E-state index contributed by atoms with van der Waals surface area (Å²) in [6.07, 6.45) is 13.9. The number of rotatable bonds is 16. The lowest BCUT2D eigenvalue weighted by Crippen LogP contribution is -2.20. The molecular weight excluding hydrogens is 1300 g/mol. The van der Waals surface area contributed by atoms with Gasteiger partial charge in [0.25, 0.3) is 0 Å². The number of nitrogens with zero attached hydrogens (tertiary/aromatic N) is 5. The first-order valence-corrected chi connectivity index (χ1v) is 28.2. The molecule has 0 radical (unpaired) electrons. The van der Waals surface area contributed by atoms with Crippen molar-refractivity contribution in [3.05, 3.63) is 198 Å². The second-order valence-corrected chi connectivity index (χ2v) is 21.5. The maximum atomic E-state index is 10.4. The number of aromatic hydroxyl groups is 1. The van der Waals surface area contributed by atoms with Gasteiger partial charge in [0.1, 0.15) is 45.9 Å². The molecule has 0 amide bonds. The van der Waals surface area contributed by atoms with Crippen LogP contribution >= 0.6 is 82.6 Å². The lowest BCUT2D eigenvalue weighted by atomic mass is 9.99. The van der Waals surface area contributed by atoms with E-state index in [0.717, 1.165) is 80.6 Å². The van der Waals surface area contributed by atoms with E-state index < -0.39 is 12.2 Å². The summed E-state index contributed by atoms with van der Waals surface area (Å²) in [6, 6.07) is 34.9. The molecule has 2 fully saturated rings. The number of aryl methyl sites for hydroxylation is 2. The van der Waals surface area contributed by atoms with Gasteiger partial charge in [0, 0.05) is 41.2 Å². The molecule has 3 aromatic carbocycles. The lowest BCUT2D eigenvalue weighted by Gasteiger charge is -2.14. The Morgan fingerprint density at radius 3 is 1.67 bits per heavy atom. The molecule has 0 saturated carbocycles. The number of pyridine rings is 4. The van der Waals surface area contributed by atoms with Gasteiger partial charge >= 0.3 is 0 Å². The Kier molecular flexibility index (Phi) is 31.4. The van der Waals surface area contributed by atoms with Crippen LogP contribution in [0.25, 0.3) is 33.3 Å². The predicted molar refractivity (Wildman–Crippen MR) is 343 cm³/mol. The van der Waals surface area contributed by atoms with E-state index in [9.17, 15) is 10.2 Å². The summed E-state index contributed by atoms with van der Waals surface area (Å²) in [5.41, 5.74) is 8.89. The van der Waals surface area contributed by atoms with E-state index in [1.165, 1.54) is 30.4 Å². The standard InChI is InChI=1S/C26H23N3O3.C14H13BrClNO2.C9H9BrClNO.C5H3BrClNO.C4H8O.4CH4/c1-17-23-12-19(7-8-25(23)29-28-17)24-13-22(14-27-26(24)20-9-10-31-15-20)32-16-21(30)11-18-5-3-2-4-6-18;15-13-7-12(8-17-14(13)16)19-9-11(18)6-10-4-2-1-3-5-10;10-8-3-6(4-12-9(8)11)1-2-7-5-13-7;6-4-1-3(9)2-8-5(4)7;1-2-4-3-5-4;;;;/h2-10,12-15,21,30H,11,16H2,1H3,(H,28,29);1-5,7-8,11,18H,6,9H2;3-4,7H,1-2,5H2;1-2,9H;4H,2-3H2,1H3;4*1H4/t21-;11-;;;;;;;/m00......./s1. The second-order valence-electron chi connectivity index (χ2n) is 17.9. The normalized spacial score (nSPS) is 13.9. The Balaban J connectivity index is 0.000000300. The van der Waals surface area contributed by atoms with Crippen molar-refractivity contribution in [3.8, 4) is 39.6 Å². The third-order valence-corrected chi connectivity index (χ3v) is 15.0. The van der Waals surface area contributed by atoms with Crippen molar-refractivity contribution in [2.45, 2.75) is 100 Å². The van der Waals surface area contributed by atoms with E-state index in [1.807, 2.05) is 104 Å². The van der Waals surface area contributed by atoms with Crippen LogP contribution in [0.2, 0.25) is 15.5 Å². The number of hydrogen-bond acceptors (Lipinski definition) is 13. The Hall–Kier alpha value is -5.44. The van der Waals surface area contributed by atoms with Gasteiger partial charge in [-0.1, -0.05) is 138 Å². The number of fused-ring (bicyclic) bond motifs is 1. The minimum Gasteiger partial charge on any atom is -0.506 e. The first kappa shape index (κ1) is 70.8. The number of hydrogen-bond donors (Lipinski definition) is 4. The predicted octanol–water partition coefficient (Wildman–Crippen LogP) is 17.0. The molecule has 0 aliphatic carbocycles. The molecule has 4 atom stereocenters. The van der Waals surface area contributed by atoms with Crippen LogP contribution in [-0.4, -0.2) is 96.3 Å². The van der Waals surface area contributed by atoms with Crippen molar-refractivity contribution >= 4 is 93.5 Å². The molecule has 20 heteroatoms. The van der Waals surface area contributed by atoms with Gasteiger partial charge in [-0.25, -0.2) is 15.0 Å². The zero-order chi connectivity index (χ0) is 55.4. The fourth-order valence-electron chi connectivity index (χ4n) is 7.31. The first-order chi connectivity index (χ1) is 37.7. The van der Waals surface area contributed by atoms with Gasteiger partial charge < -0.3 is 38.7 Å². The number of furan rings is 1. The highest BCUT2D eigenvalue weighted by atomic mass is 79.9. The average Bonchev–Trinajstić information content (AvgIpc) is 4.47. The van der Waals surface area contributed by atoms with Crippen molar-refractivity contribution in [2.24, 2.45) is 0 Å². The molecule has 2 unspecified atom stereocenters. The molecule has 2 aliphatic rings. The van der Waals surface area contributed by atoms with Crippen LogP contribution in [0, 0.1) is 6.92 Å². The van der Waals surface area contributed by atoms with Crippen LogP contribution < -0.4 is 9.47 Å². The van der Waals surface area contributed by atoms with Crippen LogP contribution in [0.5, 0.6) is 17.2 Å². The van der Waals surface area contributed by atoms with Crippen LogP contribution in [0.15, 0.2) is 164 Å². The van der Waals surface area contributed by atoms with Gasteiger partial charge in [-0.3, -0.25) is 10.1 Å². The number of H-pyrrole nitrogens is 1. The van der Waals surface area contributed by atoms with E-state index in [-0.39, 0.29) is 48.7 Å². The quantitative estimate of drug-likeness (QED) is 0.0527. The number of aromatic nitrogens is 6. The summed E-state index contributed by atoms with van der Waals surface area (Å²) in [4.78, 5) is 16.3. The summed E-state index contributed by atoms with van der Waals surface area (Å²) < 4.78 is 28.8. The molecule has 14 nitrogen and oxygen atoms in total. The molecule has 440 valence electrons. The van der Waals surface area contributed by atoms with Gasteiger partial charge in [0.2, 0.25) is 0 Å². The maximum Gasteiger partial charge on any atom is 0.143 e. The monoisotopic (exact) mass is 1370 g/mol. The molecule has 9 aromatic rings. The van der Waals surface area contributed by atoms with Crippen LogP contribution in [-0.2, 0) is 28.7 Å². The van der Waals surface area contributed by atoms with Crippen LogP contribution in [0.4, 0.5) is 0 Å². The molecule has 2 saturated heterocycles. The largest absolute Gasteiger partial charge is 0.506 e. The minimum atomic E-state index is -0.612. The van der Waals surface area contributed by atoms with Crippen molar-refractivity contribution < 1.29 is 38.7 Å². The molecule has 8 heterocycles. The molecule has 82 heavy (non-hydrogen) atoms. The van der Waals surface area contributed by atoms with E-state index >= 15 is 0 Å². The van der Waals surface area contributed by atoms with Crippen molar-refractivity contribution in [1.29, 1.82) is 0 Å². The Bertz CT molecular complexity index is 3270. The highest BCUT2D eigenvalue weighted by Gasteiger charge is 2.22. The molecule has 4 N–H and O–H groups in total. The highest BCUT2D eigenvalue weighted by Crippen LogP contribution is 2.35. The summed E-state index contributed by atoms with van der Waals surface area (Å²) in [5, 5.41) is 38.8. The van der Waals surface area contributed by atoms with Gasteiger partial charge in [0.15, 0.2) is 0 Å². The van der Waals surface area contributed by atoms with Crippen molar-refractivity contribution in [1.82, 2.24) is 30.1 Å². The van der Waals surface area contributed by atoms with Gasteiger partial charge in [0.05, 0.1) is 93.4 Å². The van der Waals surface area contributed by atoms with Gasteiger partial charge in [-0.15, -0.1) is 0 Å². The number of nitrogens with one attached hydrogen (secondary N) is 1. The van der Waals surface area contributed by atoms with Crippen LogP contribution in [0.1, 0.15) is 71.9 Å². The SMILES string of the molecule is C.C.C.C.CCC1CO1.Cc1[nH]nc2ccc(-c3cc(OC[C@@H](O)Cc4ccccc4)cnc3-c3ccoc3)cc12.Clc1ncc(CCC2CO2)cc1Br.O[C@H](COc1cnc(Cl)c(Br)c1)Cc1ccccc1.Oc1cnc(Cl)c(Br)c1. The molecule has 0 spiro atoms. The fraction of sp³-hybridized carbons (Fsp3) is 0.306. The van der Waals surface area contributed by atoms with Gasteiger partial charge in [-0.2, -0.15) is 5.10 Å². The molecule has 0 bridgehead atoms. The zero-order valence-electron chi connectivity index (χ0n) is 42.4. The van der Waals surface area contributed by atoms with E-state index in [1.54, 1.807) is 24.8 Å². The average molecular weight is 1380 g/mol. The topological polar surface area (TPSA) is 198 Å². The summed E-state index contributed by atoms with van der Waals surface area (Å²) >= 11 is 26.8. The number of aromatic amines is 1. The Morgan fingerprint density at radius 1 is 0.634 bits per heavy atom. The molecule has 6 aromatic heterocycles. The fourth-order valence-corrected chi connectivity index (χ4v) is 8.68. The molecule has 11 rings (SSSR count). The van der Waals surface area contributed by atoms with Crippen molar-refractivity contribution in [2.75, 3.05) is 26.4 Å². The third-order valence-electron chi connectivity index (χ3n) is 11.6. The van der Waals surface area contributed by atoms with Crippen LogP contribution in [0.3, 0.4) is 0 Å². The summed E-state index contributed by atoms with van der Waals surface area (Å²) in [6.45, 7) is 6.46. The summed E-state index contributed by atoms with van der Waals surface area (Å²) in [5.74, 6) is 1.28. The smallest absolute Gasteiger partial charge is 0.143 e. The van der Waals surface area contributed by atoms with E-state index in [2.05, 4.69) is 90.9 Å². The van der Waals surface area contributed by atoms with Crippen molar-refractivity contribution in [3.63, 3.8) is 0 Å². The first-order valence-electron chi connectivity index (χ1n) is 24.7. The number of aliphatic hydroxyl groups excluding tert-OH is 2. The Morgan fingerprint density at radius 2 is 1.17 bits per heavy atom. The number of halogens is 6. The number of ether oxygens (including phenoxy) is 4. The zero-order valence-corrected chi connectivity index (χ0v) is 49.4. The minimum absolute atomic E-state index is 0. The van der Waals surface area contributed by atoms with E-state index in [0.29, 0.717) is 61.0 Å². The lowest BCUT2D eigenvalue weighted by molar-refractivity contribution is 0.107. The molecule has 2 aliphatic heterocycles. The Labute approximate surface area is 522 Å². The number of benzene rings is 3. The molecular formula is C62H72Br3Cl3N6O8. The second kappa shape index (κ2) is 36.3. The summed E-state index contributed by atoms with van der Waals surface area (Å²) in [7, 11) is 0.